The van der Waals surface area contributed by atoms with Crippen molar-refractivity contribution in [1.82, 2.24) is 14.6 Å². The van der Waals surface area contributed by atoms with E-state index in [1.807, 2.05) is 30.3 Å². The van der Waals surface area contributed by atoms with Gasteiger partial charge in [0.25, 0.3) is 6.47 Å². The molecule has 150 valence electrons. The average Bonchev–Trinajstić information content (AvgIpc) is 3.27. The number of rotatable bonds is 7. The summed E-state index contributed by atoms with van der Waals surface area (Å²) < 4.78 is 46.3. The normalized spacial score (nSPS) is 20.1. The number of likely N-dealkylation sites (tertiary alicyclic amines) is 1. The predicted molar refractivity (Wildman–Crippen MR) is 92.2 cm³/mol. The molecule has 2 aromatic rings. The first-order chi connectivity index (χ1) is 13.4. The van der Waals surface area contributed by atoms with E-state index in [2.05, 4.69) is 15.1 Å². The minimum Gasteiger partial charge on any atom is -0.461 e. The Morgan fingerprint density at radius 3 is 2.71 bits per heavy atom. The minimum absolute atomic E-state index is 0.0141. The van der Waals surface area contributed by atoms with Crippen molar-refractivity contribution in [2.75, 3.05) is 18.5 Å². The van der Waals surface area contributed by atoms with Gasteiger partial charge in [-0.25, -0.2) is 9.66 Å². The number of carbonyl (C=O) groups is 2. The van der Waals surface area contributed by atoms with E-state index in [-0.39, 0.29) is 26.2 Å². The number of nitrogens with one attached hydrogen (secondary N) is 1. The zero-order valence-corrected chi connectivity index (χ0v) is 14.8. The molecule has 1 amide bonds. The molecule has 28 heavy (non-hydrogen) atoms. The Labute approximate surface area is 159 Å². The number of benzene rings is 1. The van der Waals surface area contributed by atoms with E-state index < -0.39 is 23.9 Å². The summed E-state index contributed by atoms with van der Waals surface area (Å²) in [4.78, 5) is 28.3. The lowest BCUT2D eigenvalue weighted by Crippen LogP contribution is -2.39. The highest BCUT2D eigenvalue weighted by molar-refractivity contribution is 5.87. The van der Waals surface area contributed by atoms with Crippen LogP contribution in [0, 0.1) is 11.8 Å². The molecular weight excluding hydrogens is 377 g/mol. The quantitative estimate of drug-likeness (QED) is 0.724. The fraction of sp³-hybridized carbons (Fsp3) is 0.389. The standard InChI is InChI=1S/C18H19F3N4O3/c19-18(20,21)16-9-24(7-13-4-2-1-3-5-13)8-15(16)17(27)23-25-11-22-6-14(25)10-28-12-26/h1-6,11-12,15-16H,7-10H2,(H,23,27). The van der Waals surface area contributed by atoms with Crippen LogP contribution >= 0.6 is 0 Å². The molecule has 1 aromatic carbocycles. The van der Waals surface area contributed by atoms with Crippen molar-refractivity contribution in [2.45, 2.75) is 19.3 Å². The van der Waals surface area contributed by atoms with Gasteiger partial charge in [0.2, 0.25) is 5.91 Å². The molecule has 0 spiro atoms. The third-order valence-corrected chi connectivity index (χ3v) is 4.65. The highest BCUT2D eigenvalue weighted by Crippen LogP contribution is 2.38. The first kappa shape index (κ1) is 19.9. The number of alkyl halides is 3. The monoisotopic (exact) mass is 396 g/mol. The SMILES string of the molecule is O=COCc1cncn1NC(=O)C1CN(Cc2ccccc2)CC1C(F)(F)F. The molecule has 0 radical (unpaired) electrons. The van der Waals surface area contributed by atoms with Crippen LogP contribution in [0.1, 0.15) is 11.3 Å². The molecule has 7 nitrogen and oxygen atoms in total. The van der Waals surface area contributed by atoms with Crippen LogP contribution in [-0.4, -0.2) is 46.2 Å². The van der Waals surface area contributed by atoms with Crippen molar-refractivity contribution in [1.29, 1.82) is 0 Å². The maximum absolute atomic E-state index is 13.5. The summed E-state index contributed by atoms with van der Waals surface area (Å²) in [5, 5.41) is 0. The maximum atomic E-state index is 13.5. The maximum Gasteiger partial charge on any atom is 0.393 e. The summed E-state index contributed by atoms with van der Waals surface area (Å²) in [7, 11) is 0. The van der Waals surface area contributed by atoms with Crippen molar-refractivity contribution >= 4 is 12.4 Å². The minimum atomic E-state index is -4.49. The molecule has 10 heteroatoms. The molecule has 2 unspecified atom stereocenters. The fourth-order valence-corrected chi connectivity index (χ4v) is 3.30. The molecule has 1 aliphatic rings. The molecule has 1 fully saturated rings. The van der Waals surface area contributed by atoms with Gasteiger partial charge in [-0.15, -0.1) is 0 Å². The number of halogens is 3. The van der Waals surface area contributed by atoms with Crippen molar-refractivity contribution in [3.63, 3.8) is 0 Å². The highest BCUT2D eigenvalue weighted by Gasteiger charge is 2.52. The van der Waals surface area contributed by atoms with Gasteiger partial charge in [0.15, 0.2) is 0 Å². The Balaban J connectivity index is 1.71. The van der Waals surface area contributed by atoms with Crippen molar-refractivity contribution in [3.05, 3.63) is 54.1 Å². The summed E-state index contributed by atoms with van der Waals surface area (Å²) in [6.07, 6.45) is -1.91. The van der Waals surface area contributed by atoms with Crippen molar-refractivity contribution < 1.29 is 27.5 Å². The molecule has 1 N–H and O–H groups in total. The van der Waals surface area contributed by atoms with Crippen molar-refractivity contribution in [3.8, 4) is 0 Å². The Morgan fingerprint density at radius 1 is 1.29 bits per heavy atom. The van der Waals surface area contributed by atoms with Gasteiger partial charge in [0.05, 0.1) is 23.7 Å². The zero-order valence-electron chi connectivity index (χ0n) is 14.8. The van der Waals surface area contributed by atoms with Crippen LogP contribution in [0.15, 0.2) is 42.9 Å². The number of hydrogen-bond acceptors (Lipinski definition) is 5. The molecule has 2 heterocycles. The van der Waals surface area contributed by atoms with Crippen LogP contribution in [-0.2, 0) is 27.5 Å². The van der Waals surface area contributed by atoms with Crippen LogP contribution < -0.4 is 5.43 Å². The van der Waals surface area contributed by atoms with Gasteiger partial charge in [0, 0.05) is 19.6 Å². The number of carbonyl (C=O) groups excluding carboxylic acids is 2. The number of amides is 1. The molecule has 1 saturated heterocycles. The van der Waals surface area contributed by atoms with Gasteiger partial charge in [-0.3, -0.25) is 19.9 Å². The number of hydrogen-bond donors (Lipinski definition) is 1. The van der Waals surface area contributed by atoms with Gasteiger partial charge in [-0.1, -0.05) is 30.3 Å². The van der Waals surface area contributed by atoms with E-state index >= 15 is 0 Å². The van der Waals surface area contributed by atoms with Crippen LogP contribution in [0.25, 0.3) is 0 Å². The number of nitrogens with zero attached hydrogens (tertiary/aromatic N) is 3. The third kappa shape index (κ3) is 4.69. The van der Waals surface area contributed by atoms with Gasteiger partial charge in [-0.2, -0.15) is 13.2 Å². The molecule has 0 saturated carbocycles. The molecule has 1 aromatic heterocycles. The summed E-state index contributed by atoms with van der Waals surface area (Å²) >= 11 is 0. The van der Waals surface area contributed by atoms with Crippen LogP contribution in [0.2, 0.25) is 0 Å². The molecule has 0 bridgehead atoms. The van der Waals surface area contributed by atoms with Crippen LogP contribution in [0.4, 0.5) is 13.2 Å². The Kier molecular flexibility index (Phi) is 5.98. The third-order valence-electron chi connectivity index (χ3n) is 4.65. The zero-order chi connectivity index (χ0) is 20.1. The number of ether oxygens (including phenoxy) is 1. The molecule has 1 aliphatic heterocycles. The fourth-order valence-electron chi connectivity index (χ4n) is 3.30. The van der Waals surface area contributed by atoms with Crippen molar-refractivity contribution in [2.24, 2.45) is 11.8 Å². The number of imidazole rings is 1. The molecule has 3 rings (SSSR count). The second-order valence-corrected chi connectivity index (χ2v) is 6.57. The van der Waals surface area contributed by atoms with E-state index in [1.165, 1.54) is 17.2 Å². The Hall–Kier alpha value is -2.88. The van der Waals surface area contributed by atoms with Crippen LogP contribution in [0.3, 0.4) is 0 Å². The first-order valence-electron chi connectivity index (χ1n) is 8.59. The molecular formula is C18H19F3N4O3. The molecule has 0 aliphatic carbocycles. The largest absolute Gasteiger partial charge is 0.461 e. The summed E-state index contributed by atoms with van der Waals surface area (Å²) in [5.41, 5.74) is 3.64. The van der Waals surface area contributed by atoms with Gasteiger partial charge >= 0.3 is 6.18 Å². The average molecular weight is 396 g/mol. The summed E-state index contributed by atoms with van der Waals surface area (Å²) in [6.45, 7) is 0.149. The number of aromatic nitrogens is 2. The second kappa shape index (κ2) is 8.42. The van der Waals surface area contributed by atoms with E-state index in [4.69, 9.17) is 0 Å². The van der Waals surface area contributed by atoms with E-state index in [1.54, 1.807) is 4.90 Å². The Morgan fingerprint density at radius 2 is 2.04 bits per heavy atom. The smallest absolute Gasteiger partial charge is 0.393 e. The van der Waals surface area contributed by atoms with Crippen LogP contribution in [0.5, 0.6) is 0 Å². The Bertz CT molecular complexity index is 810. The summed E-state index contributed by atoms with van der Waals surface area (Å²) in [6, 6.07) is 9.14. The van der Waals surface area contributed by atoms with Gasteiger partial charge in [-0.05, 0) is 5.56 Å². The van der Waals surface area contributed by atoms with E-state index in [0.717, 1.165) is 5.56 Å². The topological polar surface area (TPSA) is 76.5 Å². The summed E-state index contributed by atoms with van der Waals surface area (Å²) in [5.74, 6) is -3.79. The van der Waals surface area contributed by atoms with Gasteiger partial charge < -0.3 is 4.74 Å². The van der Waals surface area contributed by atoms with E-state index in [0.29, 0.717) is 12.2 Å². The van der Waals surface area contributed by atoms with E-state index in [9.17, 15) is 22.8 Å². The highest BCUT2D eigenvalue weighted by atomic mass is 19.4. The lowest BCUT2D eigenvalue weighted by molar-refractivity contribution is -0.182. The lowest BCUT2D eigenvalue weighted by Gasteiger charge is -2.21. The van der Waals surface area contributed by atoms with Gasteiger partial charge in [0.1, 0.15) is 12.9 Å². The predicted octanol–water partition coefficient (Wildman–Crippen LogP) is 1.94. The molecule has 2 atom stereocenters. The second-order valence-electron chi connectivity index (χ2n) is 6.57. The lowest BCUT2D eigenvalue weighted by atomic mass is 9.95. The first-order valence-corrected chi connectivity index (χ1v) is 8.59.